The van der Waals surface area contributed by atoms with Gasteiger partial charge in [-0.05, 0) is 44.4 Å². The number of hydrogen-bond donors (Lipinski definition) is 1. The first kappa shape index (κ1) is 16.2. The lowest BCUT2D eigenvalue weighted by atomic mass is 9.84. The predicted molar refractivity (Wildman–Crippen MR) is 82.9 cm³/mol. The number of Topliss-reactive ketones (excluding diaryl/α,β-unsaturated/α-hetero) is 1. The number of aromatic nitrogens is 1. The maximum atomic E-state index is 12.3. The molecule has 23 heavy (non-hydrogen) atoms. The van der Waals surface area contributed by atoms with Crippen LogP contribution >= 0.6 is 0 Å². The molecule has 2 aliphatic carbocycles. The molecule has 126 valence electrons. The zero-order valence-corrected chi connectivity index (χ0v) is 13.3. The van der Waals surface area contributed by atoms with Gasteiger partial charge < -0.3 is 15.0 Å². The zero-order valence-electron chi connectivity index (χ0n) is 13.3. The average molecular weight is 320 g/mol. The highest BCUT2D eigenvalue weighted by atomic mass is 16.5. The largest absolute Gasteiger partial charge is 0.462 e. The topological polar surface area (TPSA) is 95.4 Å². The maximum absolute atomic E-state index is 12.3. The van der Waals surface area contributed by atoms with Gasteiger partial charge >= 0.3 is 5.97 Å². The van der Waals surface area contributed by atoms with Crippen molar-refractivity contribution in [2.45, 2.75) is 63.4 Å². The summed E-state index contributed by atoms with van der Waals surface area (Å²) in [5.74, 6) is 1.51. The van der Waals surface area contributed by atoms with Crippen LogP contribution in [0.2, 0.25) is 0 Å². The normalized spacial score (nSPS) is 24.4. The van der Waals surface area contributed by atoms with Crippen LogP contribution in [0.15, 0.2) is 10.6 Å². The summed E-state index contributed by atoms with van der Waals surface area (Å²) in [5, 5.41) is 3.91. The lowest BCUT2D eigenvalue weighted by Crippen LogP contribution is -2.26. The molecule has 2 N–H and O–H groups in total. The molecule has 0 spiro atoms. The second-order valence-electron chi connectivity index (χ2n) is 6.69. The molecule has 0 amide bonds. The molecular formula is C17H24N2O4. The van der Waals surface area contributed by atoms with Gasteiger partial charge in [0.1, 0.15) is 17.6 Å². The number of esters is 1. The first-order valence-corrected chi connectivity index (χ1v) is 8.55. The van der Waals surface area contributed by atoms with Crippen LogP contribution in [0.25, 0.3) is 0 Å². The number of rotatable bonds is 7. The van der Waals surface area contributed by atoms with Crippen molar-refractivity contribution in [2.24, 2.45) is 11.7 Å². The number of hydrogen-bond acceptors (Lipinski definition) is 6. The summed E-state index contributed by atoms with van der Waals surface area (Å²) >= 11 is 0. The van der Waals surface area contributed by atoms with E-state index in [0.717, 1.165) is 44.3 Å². The Balaban J connectivity index is 1.42. The fraction of sp³-hybridized carbons (Fsp3) is 0.706. The van der Waals surface area contributed by atoms with Crippen molar-refractivity contribution in [1.82, 2.24) is 5.16 Å². The molecule has 0 aromatic carbocycles. The van der Waals surface area contributed by atoms with E-state index in [2.05, 4.69) is 5.16 Å². The van der Waals surface area contributed by atoms with Crippen molar-refractivity contribution >= 4 is 11.8 Å². The minimum absolute atomic E-state index is 0.0195. The van der Waals surface area contributed by atoms with Gasteiger partial charge in [-0.2, -0.15) is 0 Å². The molecule has 2 aliphatic rings. The molecular weight excluding hydrogens is 296 g/mol. The van der Waals surface area contributed by atoms with Gasteiger partial charge in [0.25, 0.3) is 0 Å². The van der Waals surface area contributed by atoms with Gasteiger partial charge in [-0.1, -0.05) is 5.16 Å². The predicted octanol–water partition coefficient (Wildman–Crippen LogP) is 2.58. The Labute approximate surface area is 135 Å². The number of ether oxygens (including phenoxy) is 1. The van der Waals surface area contributed by atoms with E-state index in [4.69, 9.17) is 15.0 Å². The van der Waals surface area contributed by atoms with Gasteiger partial charge in [0, 0.05) is 24.9 Å². The first-order valence-electron chi connectivity index (χ1n) is 8.55. The Bertz CT molecular complexity index is 557. The van der Waals surface area contributed by atoms with Crippen LogP contribution in [-0.4, -0.2) is 29.6 Å². The highest BCUT2D eigenvalue weighted by Crippen LogP contribution is 2.40. The van der Waals surface area contributed by atoms with Gasteiger partial charge in [-0.25, -0.2) is 0 Å². The lowest BCUT2D eigenvalue weighted by Gasteiger charge is -2.27. The average Bonchev–Trinajstić information content (AvgIpc) is 3.26. The van der Waals surface area contributed by atoms with Crippen LogP contribution in [0, 0.1) is 5.92 Å². The summed E-state index contributed by atoms with van der Waals surface area (Å²) in [4.78, 5) is 23.7. The van der Waals surface area contributed by atoms with Crippen molar-refractivity contribution < 1.29 is 18.8 Å². The van der Waals surface area contributed by atoms with E-state index in [1.165, 1.54) is 0 Å². The van der Waals surface area contributed by atoms with E-state index in [1.807, 2.05) is 0 Å². The summed E-state index contributed by atoms with van der Waals surface area (Å²) in [6, 6.07) is 1.81. The molecule has 0 aliphatic heterocycles. The zero-order chi connectivity index (χ0) is 16.2. The lowest BCUT2D eigenvalue weighted by molar-refractivity contribution is -0.150. The van der Waals surface area contributed by atoms with Crippen LogP contribution in [0.5, 0.6) is 0 Å². The monoisotopic (exact) mass is 320 g/mol. The van der Waals surface area contributed by atoms with Crippen LogP contribution < -0.4 is 5.73 Å². The van der Waals surface area contributed by atoms with Crippen LogP contribution in [0.3, 0.4) is 0 Å². The van der Waals surface area contributed by atoms with E-state index in [9.17, 15) is 9.59 Å². The molecule has 0 radical (unpaired) electrons. The van der Waals surface area contributed by atoms with Crippen LogP contribution in [0.1, 0.15) is 73.5 Å². The summed E-state index contributed by atoms with van der Waals surface area (Å²) in [6.07, 6.45) is 6.47. The van der Waals surface area contributed by atoms with E-state index in [1.54, 1.807) is 6.07 Å². The van der Waals surface area contributed by atoms with Gasteiger partial charge in [-0.15, -0.1) is 0 Å². The van der Waals surface area contributed by atoms with Crippen molar-refractivity contribution in [3.8, 4) is 0 Å². The Morgan fingerprint density at radius 1 is 1.22 bits per heavy atom. The summed E-state index contributed by atoms with van der Waals surface area (Å²) in [6.45, 7) is 0.323. The highest BCUT2D eigenvalue weighted by molar-refractivity contribution is 5.94. The standard InChI is InChI=1S/C17H24N2O4/c18-8-7-17(21)22-13-5-1-11(2-6-13)9-15(20)14-10-16(23-19-14)12-3-4-12/h10-13H,1-9,18H2. The second kappa shape index (κ2) is 7.25. The maximum Gasteiger partial charge on any atom is 0.307 e. The molecule has 2 fully saturated rings. The van der Waals surface area contributed by atoms with E-state index in [-0.39, 0.29) is 24.3 Å². The first-order chi connectivity index (χ1) is 11.2. The minimum atomic E-state index is -0.220. The molecule has 6 heteroatoms. The second-order valence-corrected chi connectivity index (χ2v) is 6.69. The third kappa shape index (κ3) is 4.41. The fourth-order valence-corrected chi connectivity index (χ4v) is 3.16. The highest BCUT2D eigenvalue weighted by Gasteiger charge is 2.30. The number of carbonyl (C=O) groups is 2. The SMILES string of the molecule is NCCC(=O)OC1CCC(CC(=O)c2cc(C3CC3)on2)CC1. The number of nitrogens with zero attached hydrogens (tertiary/aromatic N) is 1. The van der Waals surface area contributed by atoms with E-state index < -0.39 is 0 Å². The van der Waals surface area contributed by atoms with E-state index in [0.29, 0.717) is 30.5 Å². The van der Waals surface area contributed by atoms with Gasteiger partial charge in [-0.3, -0.25) is 9.59 Å². The third-order valence-electron chi connectivity index (χ3n) is 4.71. The minimum Gasteiger partial charge on any atom is -0.462 e. The molecule has 2 saturated carbocycles. The van der Waals surface area contributed by atoms with Crippen molar-refractivity contribution in [2.75, 3.05) is 6.54 Å². The van der Waals surface area contributed by atoms with Crippen molar-refractivity contribution in [3.63, 3.8) is 0 Å². The fourth-order valence-electron chi connectivity index (χ4n) is 3.16. The Morgan fingerprint density at radius 3 is 2.61 bits per heavy atom. The number of carbonyl (C=O) groups excluding carboxylic acids is 2. The molecule has 1 aromatic heterocycles. The Hall–Kier alpha value is -1.69. The molecule has 0 saturated heterocycles. The number of nitrogens with two attached hydrogens (primary N) is 1. The van der Waals surface area contributed by atoms with Crippen LogP contribution in [0.4, 0.5) is 0 Å². The van der Waals surface area contributed by atoms with Gasteiger partial charge in [0.15, 0.2) is 5.78 Å². The third-order valence-corrected chi connectivity index (χ3v) is 4.71. The quantitative estimate of drug-likeness (QED) is 0.613. The smallest absolute Gasteiger partial charge is 0.307 e. The Morgan fingerprint density at radius 2 is 1.96 bits per heavy atom. The van der Waals surface area contributed by atoms with Crippen LogP contribution in [-0.2, 0) is 9.53 Å². The molecule has 0 unspecified atom stereocenters. The molecule has 3 rings (SSSR count). The molecule has 6 nitrogen and oxygen atoms in total. The number of ketones is 1. The summed E-state index contributed by atoms with van der Waals surface area (Å²) in [5.41, 5.74) is 5.80. The van der Waals surface area contributed by atoms with Gasteiger partial charge in [0.2, 0.25) is 0 Å². The molecule has 1 aromatic rings. The summed E-state index contributed by atoms with van der Waals surface area (Å²) < 4.78 is 10.6. The van der Waals surface area contributed by atoms with Crippen molar-refractivity contribution in [3.05, 3.63) is 17.5 Å². The van der Waals surface area contributed by atoms with Crippen molar-refractivity contribution in [1.29, 1.82) is 0 Å². The molecule has 0 atom stereocenters. The Kier molecular flexibility index (Phi) is 5.10. The molecule has 1 heterocycles. The molecule has 0 bridgehead atoms. The van der Waals surface area contributed by atoms with Gasteiger partial charge in [0.05, 0.1) is 6.42 Å². The van der Waals surface area contributed by atoms with E-state index >= 15 is 0 Å². The summed E-state index contributed by atoms with van der Waals surface area (Å²) in [7, 11) is 0.